The number of aromatic nitrogens is 1. The number of carbonyl (C=O) groups is 1. The lowest BCUT2D eigenvalue weighted by Gasteiger charge is -2.32. The number of amides is 1. The van der Waals surface area contributed by atoms with E-state index < -0.39 is 0 Å². The Morgan fingerprint density at radius 2 is 1.97 bits per heavy atom. The molecule has 3 aromatic rings. The first-order valence-electron chi connectivity index (χ1n) is 10.5. The van der Waals surface area contributed by atoms with Gasteiger partial charge >= 0.3 is 0 Å². The summed E-state index contributed by atoms with van der Waals surface area (Å²) < 4.78 is 8.14. The average molecular weight is 456 g/mol. The molecule has 1 saturated heterocycles. The van der Waals surface area contributed by atoms with Gasteiger partial charge in [0.05, 0.1) is 6.54 Å². The molecular formula is C24H26ClN3O2S. The van der Waals surface area contributed by atoms with E-state index in [-0.39, 0.29) is 11.8 Å². The number of rotatable bonds is 6. The fourth-order valence-electron chi connectivity index (χ4n) is 4.11. The summed E-state index contributed by atoms with van der Waals surface area (Å²) in [6.45, 7) is 4.72. The fraction of sp³-hybridized carbons (Fsp3) is 0.333. The number of para-hydroxylation sites is 1. The second kappa shape index (κ2) is 9.28. The van der Waals surface area contributed by atoms with Crippen molar-refractivity contribution >= 4 is 45.6 Å². The van der Waals surface area contributed by atoms with Crippen molar-refractivity contribution in [3.05, 3.63) is 64.8 Å². The van der Waals surface area contributed by atoms with E-state index in [2.05, 4.69) is 27.8 Å². The predicted molar refractivity (Wildman–Crippen MR) is 129 cm³/mol. The van der Waals surface area contributed by atoms with Crippen LogP contribution in [-0.4, -0.2) is 40.1 Å². The molecule has 1 aliphatic rings. The molecule has 0 unspecified atom stereocenters. The molecule has 0 aliphatic carbocycles. The first-order chi connectivity index (χ1) is 14.9. The van der Waals surface area contributed by atoms with Crippen LogP contribution in [0.1, 0.15) is 24.0 Å². The highest BCUT2D eigenvalue weighted by Gasteiger charge is 2.26. The zero-order valence-corrected chi connectivity index (χ0v) is 19.1. The Labute approximate surface area is 192 Å². The number of primary amides is 1. The van der Waals surface area contributed by atoms with E-state index >= 15 is 0 Å². The molecule has 5 nitrogen and oxygen atoms in total. The first kappa shape index (κ1) is 21.7. The van der Waals surface area contributed by atoms with Gasteiger partial charge < -0.3 is 19.9 Å². The summed E-state index contributed by atoms with van der Waals surface area (Å²) in [6, 6.07) is 14.0. The average Bonchev–Trinajstić information content (AvgIpc) is 3.14. The molecule has 2 N–H and O–H groups in total. The Morgan fingerprint density at radius 1 is 1.23 bits per heavy atom. The van der Waals surface area contributed by atoms with E-state index in [1.807, 2.05) is 37.3 Å². The van der Waals surface area contributed by atoms with Gasteiger partial charge in [0.1, 0.15) is 17.3 Å². The maximum atomic E-state index is 11.5. The molecule has 1 fully saturated rings. The second-order valence-corrected chi connectivity index (χ2v) is 8.78. The SMILES string of the molecule is Cc1cc(OCCn2cc(C(=S)N3CCC(C(N)=O)CC3)c3ccccc32)ccc1Cl. The maximum Gasteiger partial charge on any atom is 0.220 e. The molecule has 0 saturated carbocycles. The van der Waals surface area contributed by atoms with E-state index in [4.69, 9.17) is 34.3 Å². The van der Waals surface area contributed by atoms with Crippen molar-refractivity contribution in [1.82, 2.24) is 9.47 Å². The molecule has 0 radical (unpaired) electrons. The Hall–Kier alpha value is -2.57. The lowest BCUT2D eigenvalue weighted by molar-refractivity contribution is -0.122. The number of fused-ring (bicyclic) bond motifs is 1. The second-order valence-electron chi connectivity index (χ2n) is 7.98. The third-order valence-electron chi connectivity index (χ3n) is 5.93. The van der Waals surface area contributed by atoms with Gasteiger partial charge in [-0.3, -0.25) is 4.79 Å². The Balaban J connectivity index is 1.48. The van der Waals surface area contributed by atoms with Gasteiger partial charge in [0.15, 0.2) is 0 Å². The number of nitrogens with zero attached hydrogens (tertiary/aromatic N) is 2. The normalized spacial score (nSPS) is 14.7. The zero-order chi connectivity index (χ0) is 22.0. The highest BCUT2D eigenvalue weighted by molar-refractivity contribution is 7.80. The highest BCUT2D eigenvalue weighted by atomic mass is 35.5. The van der Waals surface area contributed by atoms with Crippen LogP contribution in [0, 0.1) is 12.8 Å². The number of nitrogens with two attached hydrogens (primary N) is 1. The smallest absolute Gasteiger partial charge is 0.220 e. The monoisotopic (exact) mass is 455 g/mol. The Kier molecular flexibility index (Phi) is 6.49. The predicted octanol–water partition coefficient (Wildman–Crippen LogP) is 4.55. The highest BCUT2D eigenvalue weighted by Crippen LogP contribution is 2.26. The third kappa shape index (κ3) is 4.70. The zero-order valence-electron chi connectivity index (χ0n) is 17.5. The standard InChI is InChI=1S/C24H26ClN3O2S/c1-16-14-18(6-7-21(16)25)30-13-12-28-15-20(19-4-2-3-5-22(19)28)24(31)27-10-8-17(9-11-27)23(26)29/h2-7,14-15,17H,8-13H2,1H3,(H2,26,29). The number of likely N-dealkylation sites (tertiary alicyclic amines) is 1. The molecule has 0 bridgehead atoms. The van der Waals surface area contributed by atoms with Crippen LogP contribution in [0.4, 0.5) is 0 Å². The molecule has 4 rings (SSSR count). The van der Waals surface area contributed by atoms with E-state index in [9.17, 15) is 4.79 Å². The number of aryl methyl sites for hydroxylation is 1. The maximum absolute atomic E-state index is 11.5. The van der Waals surface area contributed by atoms with Crippen molar-refractivity contribution in [3.8, 4) is 5.75 Å². The number of hydrogen-bond donors (Lipinski definition) is 1. The molecule has 2 heterocycles. The quantitative estimate of drug-likeness (QED) is 0.554. The van der Waals surface area contributed by atoms with Gasteiger partial charge in [0, 0.05) is 46.7 Å². The van der Waals surface area contributed by atoms with E-state index in [0.29, 0.717) is 13.2 Å². The van der Waals surface area contributed by atoms with Gasteiger partial charge in [-0.15, -0.1) is 0 Å². The van der Waals surface area contributed by atoms with Crippen molar-refractivity contribution in [2.75, 3.05) is 19.7 Å². The van der Waals surface area contributed by atoms with Crippen LogP contribution in [0.3, 0.4) is 0 Å². The molecule has 7 heteroatoms. The van der Waals surface area contributed by atoms with Crippen molar-refractivity contribution in [2.45, 2.75) is 26.3 Å². The van der Waals surface area contributed by atoms with Crippen molar-refractivity contribution in [2.24, 2.45) is 11.7 Å². The number of benzene rings is 2. The van der Waals surface area contributed by atoms with Gasteiger partial charge in [-0.25, -0.2) is 0 Å². The van der Waals surface area contributed by atoms with Crippen LogP contribution in [0.5, 0.6) is 5.75 Å². The fourth-order valence-corrected chi connectivity index (χ4v) is 4.57. The van der Waals surface area contributed by atoms with Crippen LogP contribution in [0.15, 0.2) is 48.7 Å². The van der Waals surface area contributed by atoms with Crippen LogP contribution >= 0.6 is 23.8 Å². The Morgan fingerprint density at radius 3 is 2.68 bits per heavy atom. The van der Waals surface area contributed by atoms with Gasteiger partial charge in [0.25, 0.3) is 0 Å². The molecule has 2 aromatic carbocycles. The number of thiocarbonyl (C=S) groups is 1. The van der Waals surface area contributed by atoms with E-state index in [1.54, 1.807) is 0 Å². The molecular weight excluding hydrogens is 430 g/mol. The molecule has 162 valence electrons. The van der Waals surface area contributed by atoms with Crippen LogP contribution in [0.25, 0.3) is 10.9 Å². The minimum Gasteiger partial charge on any atom is -0.492 e. The van der Waals surface area contributed by atoms with Crippen molar-refractivity contribution < 1.29 is 9.53 Å². The van der Waals surface area contributed by atoms with Crippen molar-refractivity contribution in [3.63, 3.8) is 0 Å². The minimum absolute atomic E-state index is 0.0472. The molecule has 0 spiro atoms. The minimum atomic E-state index is -0.210. The largest absolute Gasteiger partial charge is 0.492 e. The van der Waals surface area contributed by atoms with Gasteiger partial charge in [-0.05, 0) is 49.6 Å². The number of carbonyl (C=O) groups excluding carboxylic acids is 1. The molecule has 1 aromatic heterocycles. The number of hydrogen-bond acceptors (Lipinski definition) is 3. The Bertz CT molecular complexity index is 1120. The summed E-state index contributed by atoms with van der Waals surface area (Å²) in [5.74, 6) is 0.554. The molecule has 31 heavy (non-hydrogen) atoms. The number of piperidine rings is 1. The van der Waals surface area contributed by atoms with Gasteiger partial charge in [0.2, 0.25) is 5.91 Å². The van der Waals surface area contributed by atoms with E-state index in [1.165, 1.54) is 0 Å². The lowest BCUT2D eigenvalue weighted by Crippen LogP contribution is -2.41. The van der Waals surface area contributed by atoms with Crippen LogP contribution in [-0.2, 0) is 11.3 Å². The summed E-state index contributed by atoms with van der Waals surface area (Å²) in [7, 11) is 0. The van der Waals surface area contributed by atoms with Gasteiger partial charge in [-0.2, -0.15) is 0 Å². The van der Waals surface area contributed by atoms with Crippen LogP contribution in [0.2, 0.25) is 5.02 Å². The van der Waals surface area contributed by atoms with E-state index in [0.717, 1.165) is 63.7 Å². The number of ether oxygens (including phenoxy) is 1. The van der Waals surface area contributed by atoms with Crippen molar-refractivity contribution in [1.29, 1.82) is 0 Å². The summed E-state index contributed by atoms with van der Waals surface area (Å²) in [5.41, 5.74) is 8.64. The van der Waals surface area contributed by atoms with Crippen LogP contribution < -0.4 is 10.5 Å². The number of halogens is 1. The summed E-state index contributed by atoms with van der Waals surface area (Å²) in [4.78, 5) is 14.5. The first-order valence-corrected chi connectivity index (χ1v) is 11.3. The van der Waals surface area contributed by atoms with Gasteiger partial charge in [-0.1, -0.05) is 42.0 Å². The summed E-state index contributed by atoms with van der Waals surface area (Å²) in [6.07, 6.45) is 3.62. The lowest BCUT2D eigenvalue weighted by atomic mass is 9.96. The third-order valence-corrected chi connectivity index (χ3v) is 6.84. The molecule has 0 atom stereocenters. The summed E-state index contributed by atoms with van der Waals surface area (Å²) >= 11 is 12.0. The molecule has 1 aliphatic heterocycles. The molecule has 1 amide bonds. The summed E-state index contributed by atoms with van der Waals surface area (Å²) in [5, 5.41) is 1.87. The topological polar surface area (TPSA) is 60.5 Å².